The van der Waals surface area contributed by atoms with Gasteiger partial charge < -0.3 is 15.0 Å². The third-order valence-corrected chi connectivity index (χ3v) is 3.72. The van der Waals surface area contributed by atoms with Gasteiger partial charge in [-0.05, 0) is 36.4 Å². The molecule has 0 atom stereocenters. The van der Waals surface area contributed by atoms with Gasteiger partial charge in [0, 0.05) is 15.4 Å². The van der Waals surface area contributed by atoms with Gasteiger partial charge in [-0.25, -0.2) is 0 Å². The average molecular weight is 359 g/mol. The summed E-state index contributed by atoms with van der Waals surface area (Å²) in [6, 6.07) is 17.2. The monoisotopic (exact) mass is 358 g/mol. The second-order valence-electron chi connectivity index (χ2n) is 4.83. The number of H-pyrrole nitrogens is 1. The smallest absolute Gasteiger partial charge is 0.267 e. The maximum atomic E-state index is 12.1. The summed E-state index contributed by atoms with van der Waals surface area (Å²) in [5.74, 6) is 0.663. The van der Waals surface area contributed by atoms with Gasteiger partial charge in [0.05, 0.1) is 6.54 Å². The van der Waals surface area contributed by atoms with E-state index in [1.165, 1.54) is 0 Å². The number of hydrogen-bond acceptors (Lipinski definition) is 2. The first-order chi connectivity index (χ1) is 10.7. The lowest BCUT2D eigenvalue weighted by molar-refractivity contribution is 0.0943. The summed E-state index contributed by atoms with van der Waals surface area (Å²) in [4.78, 5) is 15.2. The van der Waals surface area contributed by atoms with Crippen LogP contribution in [0.1, 0.15) is 10.5 Å². The van der Waals surface area contributed by atoms with Gasteiger partial charge in [0.15, 0.2) is 0 Å². The summed E-state index contributed by atoms with van der Waals surface area (Å²) in [7, 11) is 0. The number of aromatic nitrogens is 1. The molecular weight excluding hydrogens is 344 g/mol. The fourth-order valence-corrected chi connectivity index (χ4v) is 2.55. The molecule has 0 spiro atoms. The molecule has 0 saturated heterocycles. The zero-order valence-electron chi connectivity index (χ0n) is 11.8. The van der Waals surface area contributed by atoms with E-state index in [0.717, 1.165) is 21.1 Å². The van der Waals surface area contributed by atoms with E-state index in [-0.39, 0.29) is 5.91 Å². The van der Waals surface area contributed by atoms with E-state index in [0.29, 0.717) is 18.8 Å². The van der Waals surface area contributed by atoms with E-state index < -0.39 is 0 Å². The molecule has 0 aliphatic heterocycles. The van der Waals surface area contributed by atoms with Gasteiger partial charge in [-0.3, -0.25) is 4.79 Å². The minimum absolute atomic E-state index is 0.135. The number of rotatable bonds is 5. The number of nitrogens with one attached hydrogen (secondary N) is 2. The number of hydrogen-bond donors (Lipinski definition) is 2. The van der Waals surface area contributed by atoms with Crippen molar-refractivity contribution in [2.45, 2.75) is 0 Å². The third-order valence-electron chi connectivity index (χ3n) is 3.23. The average Bonchev–Trinajstić information content (AvgIpc) is 2.95. The predicted octanol–water partition coefficient (Wildman–Crippen LogP) is 3.74. The van der Waals surface area contributed by atoms with Crippen LogP contribution in [0.2, 0.25) is 0 Å². The molecule has 0 unspecified atom stereocenters. The highest BCUT2D eigenvalue weighted by molar-refractivity contribution is 9.10. The van der Waals surface area contributed by atoms with E-state index in [4.69, 9.17) is 4.74 Å². The van der Waals surface area contributed by atoms with Crippen molar-refractivity contribution < 1.29 is 9.53 Å². The molecule has 4 nitrogen and oxygen atoms in total. The maximum absolute atomic E-state index is 12.1. The van der Waals surface area contributed by atoms with E-state index in [1.807, 2.05) is 54.6 Å². The van der Waals surface area contributed by atoms with Gasteiger partial charge in [-0.15, -0.1) is 0 Å². The Morgan fingerprint density at radius 2 is 1.95 bits per heavy atom. The van der Waals surface area contributed by atoms with Gasteiger partial charge in [0.25, 0.3) is 5.91 Å². The number of carbonyl (C=O) groups excluding carboxylic acids is 1. The number of benzene rings is 2. The Bertz CT molecular complexity index is 784. The highest BCUT2D eigenvalue weighted by atomic mass is 79.9. The quantitative estimate of drug-likeness (QED) is 0.682. The van der Waals surface area contributed by atoms with Crippen molar-refractivity contribution in [1.29, 1.82) is 0 Å². The molecule has 2 aromatic carbocycles. The van der Waals surface area contributed by atoms with E-state index in [2.05, 4.69) is 26.2 Å². The molecule has 0 saturated carbocycles. The fourth-order valence-electron chi connectivity index (χ4n) is 2.17. The SMILES string of the molecule is O=C(NCCOc1ccccc1)c1cc2cc(Br)ccc2[nH]1. The molecule has 1 amide bonds. The lowest BCUT2D eigenvalue weighted by Gasteiger charge is -2.06. The highest BCUT2D eigenvalue weighted by Crippen LogP contribution is 2.20. The maximum Gasteiger partial charge on any atom is 0.267 e. The second kappa shape index (κ2) is 6.66. The van der Waals surface area contributed by atoms with Gasteiger partial charge in [0.2, 0.25) is 0 Å². The Balaban J connectivity index is 1.54. The Kier molecular flexibility index (Phi) is 4.44. The number of ether oxygens (including phenoxy) is 1. The van der Waals surface area contributed by atoms with E-state index >= 15 is 0 Å². The highest BCUT2D eigenvalue weighted by Gasteiger charge is 2.09. The lowest BCUT2D eigenvalue weighted by atomic mass is 10.2. The van der Waals surface area contributed by atoms with Crippen molar-refractivity contribution in [2.75, 3.05) is 13.2 Å². The first-order valence-electron chi connectivity index (χ1n) is 6.97. The molecule has 0 aliphatic rings. The minimum Gasteiger partial charge on any atom is -0.492 e. The van der Waals surface area contributed by atoms with Crippen LogP contribution in [0.4, 0.5) is 0 Å². The van der Waals surface area contributed by atoms with Gasteiger partial charge in [-0.2, -0.15) is 0 Å². The molecule has 3 aromatic rings. The van der Waals surface area contributed by atoms with Crippen molar-refractivity contribution in [3.8, 4) is 5.75 Å². The summed E-state index contributed by atoms with van der Waals surface area (Å²) in [6.07, 6.45) is 0. The summed E-state index contributed by atoms with van der Waals surface area (Å²) in [5, 5.41) is 3.84. The molecule has 3 rings (SSSR count). The Morgan fingerprint density at radius 3 is 2.77 bits per heavy atom. The van der Waals surface area contributed by atoms with Crippen molar-refractivity contribution >= 4 is 32.7 Å². The van der Waals surface area contributed by atoms with E-state index in [9.17, 15) is 4.79 Å². The van der Waals surface area contributed by atoms with Gasteiger partial charge >= 0.3 is 0 Å². The van der Waals surface area contributed by atoms with Crippen molar-refractivity contribution in [3.63, 3.8) is 0 Å². The molecule has 1 aromatic heterocycles. The van der Waals surface area contributed by atoms with E-state index in [1.54, 1.807) is 0 Å². The Labute approximate surface area is 136 Å². The molecule has 2 N–H and O–H groups in total. The fraction of sp³-hybridized carbons (Fsp3) is 0.118. The molecule has 0 radical (unpaired) electrons. The van der Waals surface area contributed by atoms with Crippen molar-refractivity contribution in [2.24, 2.45) is 0 Å². The van der Waals surface area contributed by atoms with Crippen molar-refractivity contribution in [1.82, 2.24) is 10.3 Å². The van der Waals surface area contributed by atoms with Gasteiger partial charge in [0.1, 0.15) is 18.1 Å². The predicted molar refractivity (Wildman–Crippen MR) is 90.3 cm³/mol. The standard InChI is InChI=1S/C17H15BrN2O2/c18-13-6-7-15-12(10-13)11-16(20-15)17(21)19-8-9-22-14-4-2-1-3-5-14/h1-7,10-11,20H,8-9H2,(H,19,21). The van der Waals surface area contributed by atoms with Crippen LogP contribution < -0.4 is 10.1 Å². The normalized spacial score (nSPS) is 10.6. The molecule has 0 fully saturated rings. The molecular formula is C17H15BrN2O2. The van der Waals surface area contributed by atoms with Crippen LogP contribution in [-0.4, -0.2) is 24.0 Å². The lowest BCUT2D eigenvalue weighted by Crippen LogP contribution is -2.28. The zero-order chi connectivity index (χ0) is 15.4. The van der Waals surface area contributed by atoms with Crippen LogP contribution in [0.5, 0.6) is 5.75 Å². The molecule has 5 heteroatoms. The number of aromatic amines is 1. The van der Waals surface area contributed by atoms with Crippen molar-refractivity contribution in [3.05, 3.63) is 64.8 Å². The Hall–Kier alpha value is -2.27. The first-order valence-corrected chi connectivity index (χ1v) is 7.76. The number of fused-ring (bicyclic) bond motifs is 1. The minimum atomic E-state index is -0.135. The number of para-hydroxylation sites is 1. The van der Waals surface area contributed by atoms with Gasteiger partial charge in [-0.1, -0.05) is 34.1 Å². The molecule has 0 aliphatic carbocycles. The second-order valence-corrected chi connectivity index (χ2v) is 5.75. The van der Waals surface area contributed by atoms with Crippen LogP contribution in [0, 0.1) is 0 Å². The third kappa shape index (κ3) is 3.49. The molecule has 0 bridgehead atoms. The van der Waals surface area contributed by atoms with Crippen LogP contribution in [0.25, 0.3) is 10.9 Å². The summed E-state index contributed by atoms with van der Waals surface area (Å²) in [5.41, 5.74) is 1.49. The van der Waals surface area contributed by atoms with Crippen LogP contribution in [0.3, 0.4) is 0 Å². The Morgan fingerprint density at radius 1 is 1.14 bits per heavy atom. The number of halogens is 1. The molecule has 1 heterocycles. The molecule has 112 valence electrons. The van der Waals surface area contributed by atoms with Crippen LogP contribution >= 0.6 is 15.9 Å². The topological polar surface area (TPSA) is 54.1 Å². The number of amides is 1. The first kappa shape index (κ1) is 14.7. The summed E-state index contributed by atoms with van der Waals surface area (Å²) >= 11 is 3.42. The van der Waals surface area contributed by atoms with Crippen LogP contribution in [0.15, 0.2) is 59.1 Å². The largest absolute Gasteiger partial charge is 0.492 e. The van der Waals surface area contributed by atoms with Crippen LogP contribution in [-0.2, 0) is 0 Å². The molecule has 22 heavy (non-hydrogen) atoms. The number of carbonyl (C=O) groups is 1. The summed E-state index contributed by atoms with van der Waals surface area (Å²) in [6.45, 7) is 0.883. The zero-order valence-corrected chi connectivity index (χ0v) is 13.4. The summed E-state index contributed by atoms with van der Waals surface area (Å²) < 4.78 is 6.52.